The van der Waals surface area contributed by atoms with Gasteiger partial charge in [0.05, 0.1) is 24.8 Å². The van der Waals surface area contributed by atoms with E-state index in [2.05, 4.69) is 29.7 Å². The Morgan fingerprint density at radius 1 is 0.875 bits per heavy atom. The van der Waals surface area contributed by atoms with Crippen LogP contribution in [0, 0.1) is 0 Å². The van der Waals surface area contributed by atoms with Gasteiger partial charge in [-0.1, -0.05) is 0 Å². The number of rotatable bonds is 3. The van der Waals surface area contributed by atoms with Gasteiger partial charge in [0, 0.05) is 0 Å². The summed E-state index contributed by atoms with van der Waals surface area (Å²) in [7, 11) is 0. The van der Waals surface area contributed by atoms with E-state index in [-0.39, 0.29) is 22.9 Å². The lowest BCUT2D eigenvalue weighted by Crippen LogP contribution is -2.11. The molecule has 2 rings (SSSR count). The van der Waals surface area contributed by atoms with E-state index in [0.29, 0.717) is 0 Å². The van der Waals surface area contributed by atoms with Crippen LogP contribution < -0.4 is 20.9 Å². The van der Waals surface area contributed by atoms with Gasteiger partial charge in [0.2, 0.25) is 0 Å². The molecule has 16 heavy (non-hydrogen) atoms. The van der Waals surface area contributed by atoms with Crippen molar-refractivity contribution in [1.82, 2.24) is 19.9 Å². The number of aromatic nitrogens is 4. The van der Waals surface area contributed by atoms with Gasteiger partial charge in [0.25, 0.3) is 22.9 Å². The van der Waals surface area contributed by atoms with E-state index in [0.717, 1.165) is 24.8 Å². The van der Waals surface area contributed by atoms with E-state index >= 15 is 0 Å². The van der Waals surface area contributed by atoms with Crippen molar-refractivity contribution in [3.8, 4) is 11.8 Å². The average molecular weight is 222 g/mol. The second kappa shape index (κ2) is 4.26. The summed E-state index contributed by atoms with van der Waals surface area (Å²) in [5.41, 5.74) is -0.764. The molecule has 0 aromatic carbocycles. The molecule has 0 saturated carbocycles. The Hall–Kier alpha value is -2.64. The molecule has 0 aliphatic carbocycles. The van der Waals surface area contributed by atoms with E-state index in [1.165, 1.54) is 0 Å². The molecule has 0 saturated heterocycles. The van der Waals surface area contributed by atoms with Crippen LogP contribution in [0.2, 0.25) is 0 Å². The largest absolute Gasteiger partial charge is 0.313 e. The van der Waals surface area contributed by atoms with Gasteiger partial charge in [-0.25, -0.2) is 0 Å². The molecule has 0 amide bonds. The minimum atomic E-state index is -0.382. The van der Waals surface area contributed by atoms with Crippen molar-refractivity contribution < 1.29 is 9.78 Å². The molecule has 0 unspecified atom stereocenters. The molecule has 2 aromatic heterocycles. The van der Waals surface area contributed by atoms with E-state index in [9.17, 15) is 9.59 Å². The van der Waals surface area contributed by atoms with Crippen molar-refractivity contribution in [3.63, 3.8) is 0 Å². The number of hydrogen-bond acceptors (Lipinski definition) is 6. The lowest BCUT2D eigenvalue weighted by Gasteiger charge is -2.01. The maximum Gasteiger partial charge on any atom is 0.276 e. The first-order valence-electron chi connectivity index (χ1n) is 4.18. The number of aromatic amines is 2. The van der Waals surface area contributed by atoms with Crippen molar-refractivity contribution in [2.24, 2.45) is 0 Å². The van der Waals surface area contributed by atoms with E-state index in [1.807, 2.05) is 0 Å². The van der Waals surface area contributed by atoms with Crippen LogP contribution in [0.4, 0.5) is 0 Å². The van der Waals surface area contributed by atoms with Gasteiger partial charge in [-0.3, -0.25) is 19.4 Å². The Bertz CT molecular complexity index is 537. The van der Waals surface area contributed by atoms with Crippen LogP contribution in [0.25, 0.3) is 0 Å². The third kappa shape index (κ3) is 2.44. The average Bonchev–Trinajstić information content (AvgIpc) is 2.27. The molecule has 0 radical (unpaired) electrons. The summed E-state index contributed by atoms with van der Waals surface area (Å²) in [6, 6.07) is 2.18. The highest BCUT2D eigenvalue weighted by molar-refractivity contribution is 5.07. The summed E-state index contributed by atoms with van der Waals surface area (Å²) in [6.45, 7) is 0. The highest BCUT2D eigenvalue weighted by Gasteiger charge is 2.01. The van der Waals surface area contributed by atoms with E-state index in [4.69, 9.17) is 0 Å². The second-order valence-corrected chi connectivity index (χ2v) is 2.67. The molecule has 2 heterocycles. The SMILES string of the molecule is O=c1cc(OOc2cc(=O)[nH]cn2)nc[nH]1. The summed E-state index contributed by atoms with van der Waals surface area (Å²) in [6.07, 6.45) is 2.32. The van der Waals surface area contributed by atoms with Gasteiger partial charge in [0.15, 0.2) is 0 Å². The maximum atomic E-state index is 10.9. The van der Waals surface area contributed by atoms with Gasteiger partial charge < -0.3 is 9.97 Å². The quantitative estimate of drug-likeness (QED) is 0.521. The van der Waals surface area contributed by atoms with Crippen LogP contribution in [-0.4, -0.2) is 19.9 Å². The summed E-state index contributed by atoms with van der Waals surface area (Å²) < 4.78 is 0. The van der Waals surface area contributed by atoms with E-state index in [1.54, 1.807) is 0 Å². The summed E-state index contributed by atoms with van der Waals surface area (Å²) >= 11 is 0. The summed E-state index contributed by atoms with van der Waals surface area (Å²) in [5, 5.41) is 0. The lowest BCUT2D eigenvalue weighted by atomic mass is 10.6. The zero-order chi connectivity index (χ0) is 11.4. The smallest absolute Gasteiger partial charge is 0.276 e. The Kier molecular flexibility index (Phi) is 2.63. The number of H-pyrrole nitrogens is 2. The molecule has 0 aliphatic rings. The van der Waals surface area contributed by atoms with Crippen LogP contribution in [0.15, 0.2) is 34.4 Å². The highest BCUT2D eigenvalue weighted by Crippen LogP contribution is 2.04. The fourth-order valence-electron chi connectivity index (χ4n) is 0.878. The van der Waals surface area contributed by atoms with Gasteiger partial charge in [-0.05, 0) is 0 Å². The van der Waals surface area contributed by atoms with Crippen molar-refractivity contribution in [1.29, 1.82) is 0 Å². The Balaban J connectivity index is 2.08. The molecule has 0 spiro atoms. The first-order chi connectivity index (χ1) is 7.74. The number of nitrogens with zero attached hydrogens (tertiary/aromatic N) is 2. The summed E-state index contributed by atoms with van der Waals surface area (Å²) in [5.74, 6) is -0.0725. The van der Waals surface area contributed by atoms with Gasteiger partial charge in [-0.15, -0.1) is 0 Å². The zero-order valence-corrected chi connectivity index (χ0v) is 7.84. The first kappa shape index (κ1) is 9.90. The van der Waals surface area contributed by atoms with Crippen molar-refractivity contribution in [3.05, 3.63) is 45.5 Å². The molecule has 8 heteroatoms. The fourth-order valence-corrected chi connectivity index (χ4v) is 0.878. The van der Waals surface area contributed by atoms with Crippen molar-refractivity contribution in [2.75, 3.05) is 0 Å². The first-order valence-corrected chi connectivity index (χ1v) is 4.18. The van der Waals surface area contributed by atoms with Crippen LogP contribution >= 0.6 is 0 Å². The van der Waals surface area contributed by atoms with Gasteiger partial charge >= 0.3 is 0 Å². The Morgan fingerprint density at radius 3 is 1.69 bits per heavy atom. The fraction of sp³-hybridized carbons (Fsp3) is 0. The lowest BCUT2D eigenvalue weighted by molar-refractivity contribution is -0.109. The summed E-state index contributed by atoms with van der Waals surface area (Å²) in [4.78, 5) is 43.0. The minimum Gasteiger partial charge on any atom is -0.313 e. The van der Waals surface area contributed by atoms with Gasteiger partial charge in [0.1, 0.15) is 0 Å². The highest BCUT2D eigenvalue weighted by atomic mass is 17.2. The predicted molar refractivity (Wildman–Crippen MR) is 51.0 cm³/mol. The van der Waals surface area contributed by atoms with Crippen LogP contribution in [0.3, 0.4) is 0 Å². The predicted octanol–water partition coefficient (Wildman–Crippen LogP) is -0.774. The number of nitrogens with one attached hydrogen (secondary N) is 2. The van der Waals surface area contributed by atoms with Crippen LogP contribution in [0.1, 0.15) is 0 Å². The molecule has 0 fully saturated rings. The van der Waals surface area contributed by atoms with Gasteiger partial charge in [-0.2, -0.15) is 9.97 Å². The van der Waals surface area contributed by atoms with Crippen LogP contribution in [-0.2, 0) is 0 Å². The molecule has 8 nitrogen and oxygen atoms in total. The maximum absolute atomic E-state index is 10.9. The topological polar surface area (TPSA) is 110 Å². The molecule has 2 N–H and O–H groups in total. The monoisotopic (exact) mass is 222 g/mol. The molecule has 0 aliphatic heterocycles. The third-order valence-electron chi connectivity index (χ3n) is 1.52. The molecule has 82 valence electrons. The Labute approximate surface area is 87.8 Å². The Morgan fingerprint density at radius 2 is 1.31 bits per heavy atom. The third-order valence-corrected chi connectivity index (χ3v) is 1.52. The van der Waals surface area contributed by atoms with E-state index < -0.39 is 0 Å². The molecule has 0 bridgehead atoms. The molecule has 2 aromatic rings. The second-order valence-electron chi connectivity index (χ2n) is 2.67. The van der Waals surface area contributed by atoms with Crippen molar-refractivity contribution in [2.45, 2.75) is 0 Å². The van der Waals surface area contributed by atoms with Crippen molar-refractivity contribution >= 4 is 0 Å². The standard InChI is InChI=1S/C8H6N4O4/c13-5-1-7(11-3-9-5)15-16-8-2-6(14)10-4-12-8/h1-4H,(H,9,11,13)(H,10,12,14). The van der Waals surface area contributed by atoms with Crippen LogP contribution in [0.5, 0.6) is 11.8 Å². The normalized spacial score (nSPS) is 9.75. The zero-order valence-electron chi connectivity index (χ0n) is 7.84. The molecular formula is C8H6N4O4. The minimum absolute atomic E-state index is 0.0363. The number of hydrogen-bond donors (Lipinski definition) is 2. The molecule has 0 atom stereocenters. The molecular weight excluding hydrogens is 216 g/mol.